The van der Waals surface area contributed by atoms with E-state index in [9.17, 15) is 0 Å². The molecule has 0 fully saturated rings. The summed E-state index contributed by atoms with van der Waals surface area (Å²) < 4.78 is 12.6. The summed E-state index contributed by atoms with van der Waals surface area (Å²) in [4.78, 5) is 14.0. The first-order valence-electron chi connectivity index (χ1n) is 12.4. The lowest BCUT2D eigenvalue weighted by molar-refractivity contribution is 0.668. The zero-order valence-corrected chi connectivity index (χ0v) is 20.1. The Hall–Kier alpha value is -5.29. The summed E-state index contributed by atoms with van der Waals surface area (Å²) in [6, 6.07) is 32.4. The Kier molecular flexibility index (Phi) is 4.45. The van der Waals surface area contributed by atoms with Crippen LogP contribution >= 0.6 is 0 Å². The fourth-order valence-electron chi connectivity index (χ4n) is 5.33. The van der Waals surface area contributed by atoms with Gasteiger partial charge in [0.2, 0.25) is 0 Å². The lowest BCUT2D eigenvalue weighted by Gasteiger charge is -2.13. The number of hydrogen-bond acceptors (Lipinski definition) is 5. The molecule has 0 saturated heterocycles. The summed E-state index contributed by atoms with van der Waals surface area (Å²) in [5.41, 5.74) is 10.8. The fraction of sp³-hybridized carbons (Fsp3) is 0. The van der Waals surface area contributed by atoms with Crippen LogP contribution in [0, 0.1) is 0 Å². The number of para-hydroxylation sites is 2. The van der Waals surface area contributed by atoms with Crippen molar-refractivity contribution in [2.75, 3.05) is 0 Å². The van der Waals surface area contributed by atoms with Gasteiger partial charge in [0.15, 0.2) is 11.2 Å². The van der Waals surface area contributed by atoms with Crippen LogP contribution in [0.3, 0.4) is 0 Å². The van der Waals surface area contributed by atoms with E-state index in [0.717, 1.165) is 77.6 Å². The molecule has 0 radical (unpaired) electrons. The van der Waals surface area contributed by atoms with E-state index < -0.39 is 0 Å². The molecule has 0 amide bonds. The third kappa shape index (κ3) is 3.09. The Labute approximate surface area is 217 Å². The normalized spacial score (nSPS) is 11.7. The Bertz CT molecular complexity index is 2140. The van der Waals surface area contributed by atoms with Gasteiger partial charge >= 0.3 is 0 Å². The molecule has 5 aromatic heterocycles. The van der Waals surface area contributed by atoms with E-state index >= 15 is 0 Å². The molecule has 0 spiro atoms. The molecule has 5 nitrogen and oxygen atoms in total. The smallest absolute Gasteiger partial charge is 0.161 e. The predicted molar refractivity (Wildman–Crippen MR) is 151 cm³/mol. The van der Waals surface area contributed by atoms with Crippen molar-refractivity contribution in [3.8, 4) is 33.5 Å². The zero-order valence-electron chi connectivity index (χ0n) is 20.1. The topological polar surface area (TPSA) is 65.0 Å². The van der Waals surface area contributed by atoms with Crippen molar-refractivity contribution in [2.45, 2.75) is 0 Å². The largest absolute Gasteiger partial charge is 0.454 e. The zero-order chi connectivity index (χ0) is 25.1. The number of furan rings is 2. The first-order chi connectivity index (χ1) is 18.8. The molecule has 0 saturated carbocycles. The van der Waals surface area contributed by atoms with E-state index in [1.54, 1.807) is 0 Å². The molecule has 5 heteroatoms. The molecule has 178 valence electrons. The molecule has 38 heavy (non-hydrogen) atoms. The predicted octanol–water partition coefficient (Wildman–Crippen LogP) is 8.67. The van der Waals surface area contributed by atoms with Gasteiger partial charge in [-0.25, -0.2) is 0 Å². The van der Waals surface area contributed by atoms with Crippen molar-refractivity contribution in [3.63, 3.8) is 0 Å². The lowest BCUT2D eigenvalue weighted by Crippen LogP contribution is -1.91. The Balaban J connectivity index is 1.40. The summed E-state index contributed by atoms with van der Waals surface area (Å²) in [5.74, 6) is 0. The van der Waals surface area contributed by atoms with Crippen LogP contribution in [0.25, 0.3) is 77.6 Å². The average Bonchev–Trinajstić information content (AvgIpc) is 3.56. The second-order valence-electron chi connectivity index (χ2n) is 9.24. The molecule has 5 heterocycles. The number of hydrogen-bond donors (Lipinski definition) is 0. The van der Waals surface area contributed by atoms with Crippen LogP contribution in [0.1, 0.15) is 0 Å². The van der Waals surface area contributed by atoms with Crippen LogP contribution in [-0.2, 0) is 0 Å². The van der Waals surface area contributed by atoms with Gasteiger partial charge < -0.3 is 8.83 Å². The van der Waals surface area contributed by atoms with E-state index in [2.05, 4.69) is 28.2 Å². The van der Waals surface area contributed by atoms with Crippen molar-refractivity contribution >= 4 is 44.1 Å². The van der Waals surface area contributed by atoms with Crippen LogP contribution in [0.15, 0.2) is 124 Å². The molecule has 3 aromatic carbocycles. The van der Waals surface area contributed by atoms with Crippen molar-refractivity contribution < 1.29 is 8.83 Å². The molecule has 8 aromatic rings. The number of pyridine rings is 3. The number of aromatic nitrogens is 3. The van der Waals surface area contributed by atoms with Gasteiger partial charge in [-0.2, -0.15) is 0 Å². The molecular weight excluding hydrogens is 470 g/mol. The fourth-order valence-corrected chi connectivity index (χ4v) is 5.33. The van der Waals surface area contributed by atoms with Crippen molar-refractivity contribution in [1.82, 2.24) is 15.0 Å². The highest BCUT2D eigenvalue weighted by Crippen LogP contribution is 2.41. The van der Waals surface area contributed by atoms with Crippen LogP contribution < -0.4 is 0 Å². The standard InChI is InChI=1S/C33H19N3O2/c1-3-10-28-24(7-1)30-32(37-28)21(14-17-35-30)20-12-13-22(26(19-20)27-9-5-6-16-34-27)23-15-18-36-31-25-8-2-4-11-29(25)38-33(23)31/h1-19H. The highest BCUT2D eigenvalue weighted by Gasteiger charge is 2.19. The molecule has 0 aliphatic carbocycles. The minimum absolute atomic E-state index is 0.766. The summed E-state index contributed by atoms with van der Waals surface area (Å²) in [6.45, 7) is 0. The van der Waals surface area contributed by atoms with Crippen LogP contribution in [0.2, 0.25) is 0 Å². The van der Waals surface area contributed by atoms with E-state index in [0.29, 0.717) is 0 Å². The van der Waals surface area contributed by atoms with Gasteiger partial charge in [0, 0.05) is 46.1 Å². The minimum Gasteiger partial charge on any atom is -0.454 e. The molecule has 0 aliphatic rings. The highest BCUT2D eigenvalue weighted by molar-refractivity contribution is 6.10. The van der Waals surface area contributed by atoms with Gasteiger partial charge in [-0.05, 0) is 65.7 Å². The monoisotopic (exact) mass is 489 g/mol. The third-order valence-corrected chi connectivity index (χ3v) is 7.08. The molecule has 0 aliphatic heterocycles. The number of nitrogens with zero attached hydrogens (tertiary/aromatic N) is 3. The van der Waals surface area contributed by atoms with Gasteiger partial charge in [-0.3, -0.25) is 15.0 Å². The van der Waals surface area contributed by atoms with Gasteiger partial charge in [-0.1, -0.05) is 42.5 Å². The minimum atomic E-state index is 0.766. The van der Waals surface area contributed by atoms with E-state index in [4.69, 9.17) is 13.8 Å². The van der Waals surface area contributed by atoms with Crippen LogP contribution in [0.5, 0.6) is 0 Å². The van der Waals surface area contributed by atoms with Crippen LogP contribution in [-0.4, -0.2) is 15.0 Å². The molecular formula is C33H19N3O2. The quantitative estimate of drug-likeness (QED) is 0.248. The Morgan fingerprint density at radius 3 is 1.76 bits per heavy atom. The summed E-state index contributed by atoms with van der Waals surface area (Å²) in [7, 11) is 0. The number of benzene rings is 3. The summed E-state index contributed by atoms with van der Waals surface area (Å²) >= 11 is 0. The second kappa shape index (κ2) is 8.11. The Morgan fingerprint density at radius 1 is 0.447 bits per heavy atom. The van der Waals surface area contributed by atoms with Crippen molar-refractivity contribution in [1.29, 1.82) is 0 Å². The molecule has 0 bridgehead atoms. The van der Waals surface area contributed by atoms with Crippen molar-refractivity contribution in [2.24, 2.45) is 0 Å². The van der Waals surface area contributed by atoms with Crippen LogP contribution in [0.4, 0.5) is 0 Å². The Morgan fingerprint density at radius 2 is 1.08 bits per heavy atom. The SMILES string of the molecule is c1ccc(-c2cc(-c3ccnc4c3oc3ccccc34)ccc2-c2ccnc3c2oc2ccccc23)nc1. The number of rotatable bonds is 3. The molecule has 8 rings (SSSR count). The first kappa shape index (κ1) is 20.9. The van der Waals surface area contributed by atoms with Gasteiger partial charge in [0.25, 0.3) is 0 Å². The van der Waals surface area contributed by atoms with Gasteiger partial charge in [-0.15, -0.1) is 0 Å². The van der Waals surface area contributed by atoms with Gasteiger partial charge in [0.1, 0.15) is 22.2 Å². The first-order valence-corrected chi connectivity index (χ1v) is 12.4. The maximum atomic E-state index is 6.33. The summed E-state index contributed by atoms with van der Waals surface area (Å²) in [6.07, 6.45) is 5.50. The second-order valence-corrected chi connectivity index (χ2v) is 9.24. The lowest BCUT2D eigenvalue weighted by atomic mass is 9.93. The van der Waals surface area contributed by atoms with Gasteiger partial charge in [0.05, 0.1) is 5.69 Å². The van der Waals surface area contributed by atoms with E-state index in [1.165, 1.54) is 0 Å². The number of fused-ring (bicyclic) bond motifs is 6. The van der Waals surface area contributed by atoms with E-state index in [-0.39, 0.29) is 0 Å². The molecule has 0 N–H and O–H groups in total. The van der Waals surface area contributed by atoms with E-state index in [1.807, 2.05) is 97.5 Å². The summed E-state index contributed by atoms with van der Waals surface area (Å²) in [5, 5.41) is 2.01. The maximum Gasteiger partial charge on any atom is 0.161 e. The maximum absolute atomic E-state index is 6.33. The molecule has 0 atom stereocenters. The van der Waals surface area contributed by atoms with Crippen molar-refractivity contribution in [3.05, 3.63) is 116 Å². The highest BCUT2D eigenvalue weighted by atomic mass is 16.3. The average molecular weight is 490 g/mol. The molecule has 0 unspecified atom stereocenters. The third-order valence-electron chi connectivity index (χ3n) is 7.08.